The van der Waals surface area contributed by atoms with E-state index < -0.39 is 5.60 Å². The lowest BCUT2D eigenvalue weighted by Gasteiger charge is -2.24. The second kappa shape index (κ2) is 4.93. The van der Waals surface area contributed by atoms with Crippen LogP contribution in [0, 0.1) is 0 Å². The fourth-order valence-corrected chi connectivity index (χ4v) is 4.46. The third kappa shape index (κ3) is 2.27. The van der Waals surface area contributed by atoms with Crippen LogP contribution in [0.3, 0.4) is 0 Å². The molecule has 0 atom stereocenters. The maximum absolute atomic E-state index is 12.6. The number of hydrogen-bond donors (Lipinski definition) is 2. The van der Waals surface area contributed by atoms with E-state index in [1.54, 1.807) is 11.3 Å². The van der Waals surface area contributed by atoms with E-state index in [4.69, 9.17) is 0 Å². The predicted octanol–water partition coefficient (Wildman–Crippen LogP) is 2.43. The van der Waals surface area contributed by atoms with Crippen LogP contribution >= 0.6 is 11.3 Å². The van der Waals surface area contributed by atoms with E-state index in [1.165, 1.54) is 11.1 Å². The minimum absolute atomic E-state index is 0.0688. The number of rotatable bonds is 4. The molecule has 1 aromatic heterocycles. The van der Waals surface area contributed by atoms with Crippen molar-refractivity contribution in [1.29, 1.82) is 0 Å². The van der Waals surface area contributed by atoms with Crippen molar-refractivity contribution >= 4 is 17.2 Å². The molecule has 22 heavy (non-hydrogen) atoms. The van der Waals surface area contributed by atoms with Crippen LogP contribution in [0.15, 0.2) is 41.8 Å². The number of nitrogens with one attached hydrogen (secondary N) is 1. The van der Waals surface area contributed by atoms with Gasteiger partial charge >= 0.3 is 0 Å². The van der Waals surface area contributed by atoms with E-state index in [1.807, 2.05) is 29.6 Å². The monoisotopic (exact) mass is 313 g/mol. The zero-order chi connectivity index (χ0) is 15.2. The van der Waals surface area contributed by atoms with Crippen molar-refractivity contribution in [3.8, 4) is 0 Å². The van der Waals surface area contributed by atoms with Gasteiger partial charge < -0.3 is 10.4 Å². The number of carbonyl (C=O) groups is 1. The summed E-state index contributed by atoms with van der Waals surface area (Å²) in [5, 5.41) is 15.8. The molecule has 1 heterocycles. The minimum atomic E-state index is -0.842. The normalized spacial score (nSPS) is 20.4. The maximum Gasteiger partial charge on any atom is 0.231 e. The summed E-state index contributed by atoms with van der Waals surface area (Å²) >= 11 is 1.64. The van der Waals surface area contributed by atoms with Crippen LogP contribution in [0.4, 0.5) is 0 Å². The third-order valence-electron chi connectivity index (χ3n) is 4.91. The van der Waals surface area contributed by atoms with E-state index in [0.717, 1.165) is 17.7 Å². The summed E-state index contributed by atoms with van der Waals surface area (Å²) in [5.41, 5.74) is 1.22. The van der Waals surface area contributed by atoms with Crippen LogP contribution in [0.2, 0.25) is 0 Å². The van der Waals surface area contributed by atoms with Gasteiger partial charge in [0.2, 0.25) is 5.91 Å². The summed E-state index contributed by atoms with van der Waals surface area (Å²) in [4.78, 5) is 13.7. The molecule has 1 saturated carbocycles. The molecule has 0 spiro atoms. The van der Waals surface area contributed by atoms with Crippen molar-refractivity contribution in [1.82, 2.24) is 5.32 Å². The summed E-state index contributed by atoms with van der Waals surface area (Å²) in [7, 11) is 0. The number of thiophene rings is 1. The van der Waals surface area contributed by atoms with Gasteiger partial charge in [0.1, 0.15) is 0 Å². The Bertz CT molecular complexity index is 679. The Morgan fingerprint density at radius 1 is 1.14 bits per heavy atom. The molecule has 2 aliphatic rings. The van der Waals surface area contributed by atoms with Crippen LogP contribution in [0.25, 0.3) is 0 Å². The number of hydrogen-bond acceptors (Lipinski definition) is 3. The molecule has 4 heteroatoms. The largest absolute Gasteiger partial charge is 0.387 e. The van der Waals surface area contributed by atoms with Gasteiger partial charge in [-0.3, -0.25) is 4.79 Å². The van der Waals surface area contributed by atoms with Gasteiger partial charge in [-0.05, 0) is 35.4 Å². The fourth-order valence-electron chi connectivity index (χ4n) is 3.47. The van der Waals surface area contributed by atoms with Crippen molar-refractivity contribution < 1.29 is 9.90 Å². The molecule has 0 bridgehead atoms. The Morgan fingerprint density at radius 3 is 2.36 bits per heavy atom. The maximum atomic E-state index is 12.6. The van der Waals surface area contributed by atoms with E-state index in [9.17, 15) is 9.90 Å². The second-order valence-electron chi connectivity index (χ2n) is 6.59. The Balaban J connectivity index is 1.43. The molecule has 0 saturated heterocycles. The van der Waals surface area contributed by atoms with Gasteiger partial charge in [-0.1, -0.05) is 30.3 Å². The molecule has 3 nitrogen and oxygen atoms in total. The lowest BCUT2D eigenvalue weighted by molar-refractivity contribution is -0.124. The first-order chi connectivity index (χ1) is 10.6. The summed E-state index contributed by atoms with van der Waals surface area (Å²) in [6.07, 6.45) is 3.07. The first-order valence-corrected chi connectivity index (χ1v) is 8.61. The number of benzene rings is 1. The Labute approximate surface area is 134 Å². The zero-order valence-corrected chi connectivity index (χ0v) is 13.2. The van der Waals surface area contributed by atoms with Gasteiger partial charge in [-0.25, -0.2) is 0 Å². The minimum Gasteiger partial charge on any atom is -0.387 e. The molecule has 0 unspecified atom stereocenters. The smallest absolute Gasteiger partial charge is 0.231 e. The standard InChI is InChI=1S/C18H19NO2S/c20-16(18(7-8-18)15-6-3-9-22-15)19-12-17(21)10-13-4-1-2-5-14(13)11-17/h1-6,9,21H,7-8,10-12H2,(H,19,20). The highest BCUT2D eigenvalue weighted by molar-refractivity contribution is 7.10. The van der Waals surface area contributed by atoms with Gasteiger partial charge in [-0.15, -0.1) is 11.3 Å². The predicted molar refractivity (Wildman–Crippen MR) is 87.0 cm³/mol. The van der Waals surface area contributed by atoms with E-state index in [0.29, 0.717) is 19.4 Å². The molecule has 4 rings (SSSR count). The molecule has 2 N–H and O–H groups in total. The average Bonchev–Trinajstić information content (AvgIpc) is 2.99. The van der Waals surface area contributed by atoms with E-state index >= 15 is 0 Å². The summed E-state index contributed by atoms with van der Waals surface area (Å²) in [5.74, 6) is 0.0688. The number of carbonyl (C=O) groups excluding carboxylic acids is 1. The highest BCUT2D eigenvalue weighted by Crippen LogP contribution is 2.50. The van der Waals surface area contributed by atoms with Gasteiger partial charge in [0.25, 0.3) is 0 Å². The molecule has 1 amide bonds. The molecule has 0 aliphatic heterocycles. The Hall–Kier alpha value is -1.65. The highest BCUT2D eigenvalue weighted by atomic mass is 32.1. The Morgan fingerprint density at radius 2 is 1.82 bits per heavy atom. The van der Waals surface area contributed by atoms with Gasteiger partial charge in [0, 0.05) is 24.3 Å². The fraction of sp³-hybridized carbons (Fsp3) is 0.389. The van der Waals surface area contributed by atoms with Crippen molar-refractivity contribution in [2.75, 3.05) is 6.54 Å². The van der Waals surface area contributed by atoms with Crippen LogP contribution in [-0.2, 0) is 23.1 Å². The van der Waals surface area contributed by atoms with Gasteiger partial charge in [0.15, 0.2) is 0 Å². The highest BCUT2D eigenvalue weighted by Gasteiger charge is 2.52. The first-order valence-electron chi connectivity index (χ1n) is 7.73. The SMILES string of the molecule is O=C(NCC1(O)Cc2ccccc2C1)C1(c2cccs2)CC1. The summed E-state index contributed by atoms with van der Waals surface area (Å²) in [6, 6.07) is 12.1. The summed E-state index contributed by atoms with van der Waals surface area (Å²) in [6.45, 7) is 0.327. The molecular weight excluding hydrogens is 294 g/mol. The van der Waals surface area contributed by atoms with E-state index in [2.05, 4.69) is 17.4 Å². The van der Waals surface area contributed by atoms with Crippen LogP contribution < -0.4 is 5.32 Å². The van der Waals surface area contributed by atoms with Crippen molar-refractivity contribution in [2.45, 2.75) is 36.7 Å². The number of fused-ring (bicyclic) bond motifs is 1. The molecule has 2 aliphatic carbocycles. The van der Waals surface area contributed by atoms with Crippen molar-refractivity contribution in [2.24, 2.45) is 0 Å². The lowest BCUT2D eigenvalue weighted by atomic mass is 9.99. The molecule has 114 valence electrons. The Kier molecular flexibility index (Phi) is 3.13. The molecule has 2 aromatic rings. The van der Waals surface area contributed by atoms with Crippen LogP contribution in [-0.4, -0.2) is 23.2 Å². The second-order valence-corrected chi connectivity index (χ2v) is 7.54. The third-order valence-corrected chi connectivity index (χ3v) is 5.99. The average molecular weight is 313 g/mol. The van der Waals surface area contributed by atoms with Crippen LogP contribution in [0.5, 0.6) is 0 Å². The van der Waals surface area contributed by atoms with Crippen molar-refractivity contribution in [3.63, 3.8) is 0 Å². The summed E-state index contributed by atoms with van der Waals surface area (Å²) < 4.78 is 0. The number of amides is 1. The molecule has 0 radical (unpaired) electrons. The van der Waals surface area contributed by atoms with Gasteiger partial charge in [-0.2, -0.15) is 0 Å². The van der Waals surface area contributed by atoms with Crippen LogP contribution in [0.1, 0.15) is 28.8 Å². The molecular formula is C18H19NO2S. The molecule has 1 aromatic carbocycles. The molecule has 1 fully saturated rings. The quantitative estimate of drug-likeness (QED) is 0.911. The first kappa shape index (κ1) is 14.0. The van der Waals surface area contributed by atoms with Gasteiger partial charge in [0.05, 0.1) is 11.0 Å². The topological polar surface area (TPSA) is 49.3 Å². The van der Waals surface area contributed by atoms with Crippen molar-refractivity contribution in [3.05, 3.63) is 57.8 Å². The lowest BCUT2D eigenvalue weighted by Crippen LogP contribution is -2.46. The number of aliphatic hydroxyl groups is 1. The zero-order valence-electron chi connectivity index (χ0n) is 12.3. The van der Waals surface area contributed by atoms with E-state index in [-0.39, 0.29) is 11.3 Å².